The van der Waals surface area contributed by atoms with Crippen molar-refractivity contribution in [1.82, 2.24) is 4.90 Å². The topological polar surface area (TPSA) is 27.0 Å². The van der Waals surface area contributed by atoms with E-state index in [0.717, 1.165) is 6.54 Å². The molecule has 0 aromatic heterocycles. The number of hydrogen-bond acceptors (Lipinski definition) is 2. The zero-order valence-electron chi connectivity index (χ0n) is 11.1. The van der Waals surface area contributed by atoms with Crippen LogP contribution in [0.1, 0.15) is 38.3 Å². The third-order valence-corrected chi connectivity index (χ3v) is 3.06. The van der Waals surface area contributed by atoms with E-state index in [-0.39, 0.29) is 6.04 Å². The summed E-state index contributed by atoms with van der Waals surface area (Å²) in [6.07, 6.45) is 1.73. The summed E-state index contributed by atoms with van der Waals surface area (Å²) >= 11 is 0. The minimum Gasteiger partial charge on any atom is -0.298 e. The number of nitriles is 1. The highest BCUT2D eigenvalue weighted by atomic mass is 15.1. The maximum atomic E-state index is 8.95. The van der Waals surface area contributed by atoms with Crippen LogP contribution in [0.2, 0.25) is 0 Å². The highest BCUT2D eigenvalue weighted by molar-refractivity contribution is 5.20. The molecule has 1 unspecified atom stereocenters. The van der Waals surface area contributed by atoms with Gasteiger partial charge >= 0.3 is 0 Å². The molecule has 0 spiro atoms. The maximum absolute atomic E-state index is 8.95. The van der Waals surface area contributed by atoms with E-state index in [1.54, 1.807) is 0 Å². The molecule has 1 aromatic carbocycles. The standard InChI is InChI=1S/C15H22N2/c1-13(2)10-12-17(3)15(9-11-16)14-7-5-4-6-8-14/h4-8,13,15H,9-10,12H2,1-3H3. The van der Waals surface area contributed by atoms with Crippen molar-refractivity contribution in [2.45, 2.75) is 32.7 Å². The van der Waals surface area contributed by atoms with Crippen molar-refractivity contribution < 1.29 is 0 Å². The molecule has 1 atom stereocenters. The second-order valence-electron chi connectivity index (χ2n) is 4.95. The maximum Gasteiger partial charge on any atom is 0.0641 e. The molecule has 0 aliphatic heterocycles. The largest absolute Gasteiger partial charge is 0.298 e. The fourth-order valence-electron chi connectivity index (χ4n) is 1.91. The van der Waals surface area contributed by atoms with Gasteiger partial charge in [0.05, 0.1) is 12.5 Å². The molecule has 0 bridgehead atoms. The lowest BCUT2D eigenvalue weighted by molar-refractivity contribution is 0.234. The van der Waals surface area contributed by atoms with Crippen molar-refractivity contribution in [3.05, 3.63) is 35.9 Å². The Kier molecular flexibility index (Phi) is 5.72. The van der Waals surface area contributed by atoms with Gasteiger partial charge in [-0.25, -0.2) is 0 Å². The Balaban J connectivity index is 2.69. The minimum absolute atomic E-state index is 0.222. The molecule has 2 heteroatoms. The van der Waals surface area contributed by atoms with Gasteiger partial charge in [-0.3, -0.25) is 4.90 Å². The van der Waals surface area contributed by atoms with Gasteiger partial charge in [0.25, 0.3) is 0 Å². The van der Waals surface area contributed by atoms with Gasteiger partial charge in [-0.1, -0.05) is 44.2 Å². The summed E-state index contributed by atoms with van der Waals surface area (Å²) < 4.78 is 0. The van der Waals surface area contributed by atoms with Gasteiger partial charge < -0.3 is 0 Å². The van der Waals surface area contributed by atoms with E-state index in [1.165, 1.54) is 12.0 Å². The minimum atomic E-state index is 0.222. The van der Waals surface area contributed by atoms with Crippen LogP contribution in [0.4, 0.5) is 0 Å². The number of rotatable bonds is 6. The molecule has 0 saturated heterocycles. The average Bonchev–Trinajstić information content (AvgIpc) is 2.34. The number of benzene rings is 1. The Morgan fingerprint density at radius 2 is 1.88 bits per heavy atom. The summed E-state index contributed by atoms with van der Waals surface area (Å²) in [7, 11) is 2.11. The first-order valence-electron chi connectivity index (χ1n) is 6.27. The fraction of sp³-hybridized carbons (Fsp3) is 0.533. The molecule has 0 heterocycles. The highest BCUT2D eigenvalue weighted by Gasteiger charge is 2.16. The molecular weight excluding hydrogens is 208 g/mol. The predicted molar refractivity (Wildman–Crippen MR) is 71.5 cm³/mol. The van der Waals surface area contributed by atoms with E-state index in [1.807, 2.05) is 18.2 Å². The van der Waals surface area contributed by atoms with Crippen molar-refractivity contribution in [1.29, 1.82) is 5.26 Å². The first-order valence-corrected chi connectivity index (χ1v) is 6.27. The van der Waals surface area contributed by atoms with E-state index < -0.39 is 0 Å². The Labute approximate surface area is 105 Å². The second-order valence-corrected chi connectivity index (χ2v) is 4.95. The van der Waals surface area contributed by atoms with Crippen LogP contribution in [-0.4, -0.2) is 18.5 Å². The second kappa shape index (κ2) is 7.09. The van der Waals surface area contributed by atoms with Crippen molar-refractivity contribution in [3.8, 4) is 6.07 Å². The lowest BCUT2D eigenvalue weighted by atomic mass is 10.0. The Morgan fingerprint density at radius 1 is 1.24 bits per heavy atom. The van der Waals surface area contributed by atoms with Crippen molar-refractivity contribution >= 4 is 0 Å². The molecule has 92 valence electrons. The van der Waals surface area contributed by atoms with Crippen LogP contribution < -0.4 is 0 Å². The van der Waals surface area contributed by atoms with E-state index in [4.69, 9.17) is 5.26 Å². The predicted octanol–water partition coefficient (Wildman–Crippen LogP) is 3.62. The molecular formula is C15H22N2. The molecule has 1 aromatic rings. The van der Waals surface area contributed by atoms with Gasteiger partial charge in [0.1, 0.15) is 0 Å². The Hall–Kier alpha value is -1.33. The Morgan fingerprint density at radius 3 is 2.41 bits per heavy atom. The average molecular weight is 230 g/mol. The van der Waals surface area contributed by atoms with Crippen LogP contribution in [0, 0.1) is 17.2 Å². The summed E-state index contributed by atoms with van der Waals surface area (Å²) in [5.74, 6) is 0.705. The lowest BCUT2D eigenvalue weighted by Gasteiger charge is -2.27. The summed E-state index contributed by atoms with van der Waals surface area (Å²) in [6.45, 7) is 5.50. The van der Waals surface area contributed by atoms with Gasteiger partial charge in [0.2, 0.25) is 0 Å². The van der Waals surface area contributed by atoms with Crippen molar-refractivity contribution in [2.24, 2.45) is 5.92 Å². The first-order chi connectivity index (χ1) is 8.15. The lowest BCUT2D eigenvalue weighted by Crippen LogP contribution is -2.26. The van der Waals surface area contributed by atoms with Crippen LogP contribution in [-0.2, 0) is 0 Å². The van der Waals surface area contributed by atoms with Gasteiger partial charge in [0, 0.05) is 6.04 Å². The van der Waals surface area contributed by atoms with E-state index >= 15 is 0 Å². The number of hydrogen-bond donors (Lipinski definition) is 0. The molecule has 0 aliphatic rings. The van der Waals surface area contributed by atoms with E-state index in [2.05, 4.69) is 44.0 Å². The van der Waals surface area contributed by atoms with Crippen LogP contribution in [0.25, 0.3) is 0 Å². The van der Waals surface area contributed by atoms with Gasteiger partial charge in [0.15, 0.2) is 0 Å². The van der Waals surface area contributed by atoms with Crippen molar-refractivity contribution in [2.75, 3.05) is 13.6 Å². The fourth-order valence-corrected chi connectivity index (χ4v) is 1.91. The van der Waals surface area contributed by atoms with Crippen LogP contribution in [0.3, 0.4) is 0 Å². The SMILES string of the molecule is CC(C)CCN(C)C(CC#N)c1ccccc1. The summed E-state index contributed by atoms with van der Waals surface area (Å²) in [6, 6.07) is 12.8. The van der Waals surface area contributed by atoms with Gasteiger partial charge in [-0.2, -0.15) is 5.26 Å². The van der Waals surface area contributed by atoms with Gasteiger partial charge in [-0.05, 0) is 31.5 Å². The molecule has 0 N–H and O–H groups in total. The van der Waals surface area contributed by atoms with Crippen LogP contribution in [0.15, 0.2) is 30.3 Å². The summed E-state index contributed by atoms with van der Waals surface area (Å²) in [5, 5.41) is 8.95. The highest BCUT2D eigenvalue weighted by Crippen LogP contribution is 2.23. The molecule has 1 rings (SSSR count). The summed E-state index contributed by atoms with van der Waals surface area (Å²) in [4.78, 5) is 2.29. The molecule has 17 heavy (non-hydrogen) atoms. The van der Waals surface area contributed by atoms with Crippen LogP contribution in [0.5, 0.6) is 0 Å². The van der Waals surface area contributed by atoms with E-state index in [9.17, 15) is 0 Å². The molecule has 0 fully saturated rings. The quantitative estimate of drug-likeness (QED) is 0.746. The van der Waals surface area contributed by atoms with Crippen LogP contribution >= 0.6 is 0 Å². The molecule has 2 nitrogen and oxygen atoms in total. The normalized spacial score (nSPS) is 12.7. The molecule has 0 saturated carbocycles. The van der Waals surface area contributed by atoms with Gasteiger partial charge in [-0.15, -0.1) is 0 Å². The first kappa shape index (κ1) is 13.7. The summed E-state index contributed by atoms with van der Waals surface area (Å²) in [5.41, 5.74) is 1.24. The molecule has 0 radical (unpaired) electrons. The smallest absolute Gasteiger partial charge is 0.0641 e. The zero-order chi connectivity index (χ0) is 12.7. The van der Waals surface area contributed by atoms with E-state index in [0.29, 0.717) is 12.3 Å². The molecule has 0 aliphatic carbocycles. The Bertz CT molecular complexity index is 351. The monoisotopic (exact) mass is 230 g/mol. The third-order valence-electron chi connectivity index (χ3n) is 3.06. The number of nitrogens with zero attached hydrogens (tertiary/aromatic N) is 2. The zero-order valence-corrected chi connectivity index (χ0v) is 11.1. The third kappa shape index (κ3) is 4.58. The van der Waals surface area contributed by atoms with Crippen molar-refractivity contribution in [3.63, 3.8) is 0 Å². The molecule has 0 amide bonds.